The van der Waals surface area contributed by atoms with Crippen LogP contribution in [0.2, 0.25) is 0 Å². The number of phenolic OH excluding ortho intramolecular Hbond substituents is 6. The predicted molar refractivity (Wildman–Crippen MR) is 185 cm³/mol. The number of amides is 1. The maximum absolute atomic E-state index is 12.1. The van der Waals surface area contributed by atoms with Crippen LogP contribution in [0, 0.1) is 21.4 Å². The average Bonchev–Trinajstić information content (AvgIpc) is 3.11. The first-order chi connectivity index (χ1) is 24.7. The van der Waals surface area contributed by atoms with E-state index in [1.54, 1.807) is 19.9 Å². The monoisotopic (exact) mass is 744 g/mol. The fourth-order valence-corrected chi connectivity index (χ4v) is 4.18. The number of nitro benzene ring substituents is 1. The Labute approximate surface area is 301 Å². The Balaban J connectivity index is 0.000000407. The molecule has 0 unspecified atom stereocenters. The van der Waals surface area contributed by atoms with Crippen LogP contribution in [0.3, 0.4) is 0 Å². The van der Waals surface area contributed by atoms with E-state index in [1.807, 2.05) is 0 Å². The van der Waals surface area contributed by atoms with Gasteiger partial charge in [-0.05, 0) is 73.9 Å². The SMILES string of the molecule is CCN(CC)C(=O)/C(C#N)=C/c1cc(O)c(O)c([N+](=O)[O-])c1.C[C@@](Cc1ccc(O)c(O)c1)(NN)C(=O)O.N[C@H](C(=O)O)[C@@H](O)c1ccc(O)c(O)c1. The summed E-state index contributed by atoms with van der Waals surface area (Å²) in [6, 6.07) is 9.87. The molecule has 1 amide bonds. The highest BCUT2D eigenvalue weighted by atomic mass is 16.6. The smallest absolute Gasteiger partial charge is 0.325 e. The number of carboxylic acid groups (broad SMARTS) is 2. The summed E-state index contributed by atoms with van der Waals surface area (Å²) >= 11 is 0. The molecule has 53 heavy (non-hydrogen) atoms. The maximum atomic E-state index is 12.1. The van der Waals surface area contributed by atoms with E-state index >= 15 is 0 Å². The van der Waals surface area contributed by atoms with Crippen molar-refractivity contribution in [3.8, 4) is 40.6 Å². The summed E-state index contributed by atoms with van der Waals surface area (Å²) in [4.78, 5) is 44.9. The molecule has 0 spiro atoms. The quantitative estimate of drug-likeness (QED) is 0.0310. The summed E-state index contributed by atoms with van der Waals surface area (Å²) in [6.45, 7) is 5.77. The number of nitro groups is 1. The number of rotatable bonds is 12. The van der Waals surface area contributed by atoms with Gasteiger partial charge >= 0.3 is 17.6 Å². The summed E-state index contributed by atoms with van der Waals surface area (Å²) in [7, 11) is 0. The van der Waals surface area contributed by atoms with E-state index in [0.717, 1.165) is 30.3 Å². The van der Waals surface area contributed by atoms with Gasteiger partial charge in [-0.3, -0.25) is 30.3 Å². The summed E-state index contributed by atoms with van der Waals surface area (Å²) < 4.78 is 0. The second-order valence-corrected chi connectivity index (χ2v) is 11.2. The first-order valence-corrected chi connectivity index (χ1v) is 15.2. The molecular weight excluding hydrogens is 704 g/mol. The van der Waals surface area contributed by atoms with Crippen molar-refractivity contribution in [1.82, 2.24) is 10.3 Å². The molecule has 0 saturated carbocycles. The number of benzene rings is 3. The van der Waals surface area contributed by atoms with Gasteiger partial charge in [0.15, 0.2) is 28.7 Å². The number of aliphatic hydroxyl groups is 1. The molecule has 20 nitrogen and oxygen atoms in total. The predicted octanol–water partition coefficient (Wildman–Crippen LogP) is 1.27. The topological polar surface area (TPSA) is 368 Å². The van der Waals surface area contributed by atoms with Crippen molar-refractivity contribution in [3.63, 3.8) is 0 Å². The van der Waals surface area contributed by atoms with Crippen molar-refractivity contribution in [3.05, 3.63) is 80.9 Å². The lowest BCUT2D eigenvalue weighted by atomic mass is 9.93. The molecule has 0 aliphatic rings. The Hall–Kier alpha value is -6.66. The summed E-state index contributed by atoms with van der Waals surface area (Å²) in [5.41, 5.74) is 5.91. The molecule has 3 rings (SSSR count). The molecule has 20 heteroatoms. The minimum Gasteiger partial charge on any atom is -0.504 e. The summed E-state index contributed by atoms with van der Waals surface area (Å²) in [5.74, 6) is -0.674. The zero-order chi connectivity index (χ0) is 40.8. The lowest BCUT2D eigenvalue weighted by Gasteiger charge is -2.23. The van der Waals surface area contributed by atoms with Gasteiger partial charge in [-0.2, -0.15) is 5.26 Å². The zero-order valence-electron chi connectivity index (χ0n) is 28.5. The standard InChI is InChI=1S/C14H15N3O5.C10H14N2O4.C9H11NO5/c1-3-16(4-2)14(20)10(8-15)5-9-6-11(17(21)22)13(19)12(18)7-9;1-10(12-11,9(15)16)5-6-2-3-7(13)8(14)4-6;10-7(9(14)15)8(13)4-1-2-5(11)6(12)3-4/h5-7,18-19H,3-4H2,1-2H3;2-4,12-14H,5,11H2,1H3,(H,15,16);1-3,7-8,11-13H,10H2,(H,14,15)/b10-5+;;/t;10-;7-,8-/m.00/s1. The number of carboxylic acids is 2. The largest absolute Gasteiger partial charge is 0.504 e. The molecule has 0 bridgehead atoms. The highest BCUT2D eigenvalue weighted by Crippen LogP contribution is 2.36. The van der Waals surface area contributed by atoms with Crippen LogP contribution in [0.4, 0.5) is 5.69 Å². The number of hydrogen-bond donors (Lipinski definition) is 12. The van der Waals surface area contributed by atoms with Gasteiger partial charge in [0, 0.05) is 25.6 Å². The van der Waals surface area contributed by atoms with Gasteiger partial charge in [-0.15, -0.1) is 0 Å². The van der Waals surface area contributed by atoms with E-state index in [1.165, 1.54) is 36.1 Å². The van der Waals surface area contributed by atoms with Crippen LogP contribution in [-0.2, 0) is 20.8 Å². The van der Waals surface area contributed by atoms with E-state index < -0.39 is 63.4 Å². The molecular formula is C33H40N6O14. The van der Waals surface area contributed by atoms with E-state index in [0.29, 0.717) is 18.7 Å². The Morgan fingerprint density at radius 3 is 1.92 bits per heavy atom. The second kappa shape index (κ2) is 19.7. The first-order valence-electron chi connectivity index (χ1n) is 15.2. The highest BCUT2D eigenvalue weighted by molar-refractivity contribution is 6.01. The number of aliphatic carboxylic acids is 2. The number of nitrogens with two attached hydrogens (primary N) is 2. The highest BCUT2D eigenvalue weighted by Gasteiger charge is 2.32. The molecule has 0 saturated heterocycles. The van der Waals surface area contributed by atoms with Crippen molar-refractivity contribution < 1.29 is 65.3 Å². The molecule has 0 aromatic heterocycles. The van der Waals surface area contributed by atoms with Gasteiger partial charge in [-0.1, -0.05) is 12.1 Å². The van der Waals surface area contributed by atoms with Crippen LogP contribution in [0.25, 0.3) is 6.08 Å². The molecule has 14 N–H and O–H groups in total. The molecule has 3 aromatic carbocycles. The zero-order valence-corrected chi connectivity index (χ0v) is 28.5. The normalized spacial score (nSPS) is 13.0. The van der Waals surface area contributed by atoms with Gasteiger partial charge in [0.05, 0.1) is 4.92 Å². The number of carbonyl (C=O) groups is 3. The number of carbonyl (C=O) groups excluding carboxylic acids is 1. The minimum atomic E-state index is -1.48. The average molecular weight is 745 g/mol. The number of hydrogen-bond acceptors (Lipinski definition) is 16. The van der Waals surface area contributed by atoms with E-state index in [9.17, 15) is 44.9 Å². The Morgan fingerprint density at radius 2 is 1.49 bits per heavy atom. The molecule has 0 aliphatic heterocycles. The van der Waals surface area contributed by atoms with Crippen LogP contribution < -0.4 is 17.0 Å². The van der Waals surface area contributed by atoms with Crippen molar-refractivity contribution >= 4 is 29.6 Å². The third kappa shape index (κ3) is 12.3. The molecule has 0 heterocycles. The molecule has 0 fully saturated rings. The van der Waals surface area contributed by atoms with Crippen molar-refractivity contribution in [1.29, 1.82) is 5.26 Å². The third-order valence-corrected chi connectivity index (χ3v) is 7.36. The molecule has 0 aliphatic carbocycles. The Kier molecular flexibility index (Phi) is 16.5. The van der Waals surface area contributed by atoms with E-state index in [-0.39, 0.29) is 40.4 Å². The van der Waals surface area contributed by atoms with Gasteiger partial charge in [0.1, 0.15) is 29.3 Å². The number of likely N-dealkylation sites (N-methyl/N-ethyl adjacent to an activating group) is 1. The number of aromatic hydroxyl groups is 6. The second-order valence-electron chi connectivity index (χ2n) is 11.2. The molecule has 0 radical (unpaired) electrons. The fourth-order valence-electron chi connectivity index (χ4n) is 4.18. The van der Waals surface area contributed by atoms with E-state index in [2.05, 4.69) is 5.43 Å². The maximum Gasteiger partial charge on any atom is 0.325 e. The minimum absolute atomic E-state index is 0.0686. The lowest BCUT2D eigenvalue weighted by molar-refractivity contribution is -0.386. The van der Waals surface area contributed by atoms with Crippen molar-refractivity contribution in [2.45, 2.75) is 44.9 Å². The van der Waals surface area contributed by atoms with Crippen LogP contribution in [0.5, 0.6) is 34.5 Å². The van der Waals surface area contributed by atoms with Crippen molar-refractivity contribution in [2.75, 3.05) is 13.1 Å². The number of nitrogens with zero attached hydrogens (tertiary/aromatic N) is 3. The number of nitrogens with one attached hydrogen (secondary N) is 1. The number of hydrazine groups is 1. The van der Waals surface area contributed by atoms with Crippen LogP contribution >= 0.6 is 0 Å². The number of aliphatic hydroxyl groups excluding tert-OH is 1. The Morgan fingerprint density at radius 1 is 0.943 bits per heavy atom. The van der Waals surface area contributed by atoms with Gasteiger partial charge in [0.25, 0.3) is 5.91 Å². The Bertz CT molecular complexity index is 1880. The van der Waals surface area contributed by atoms with Crippen LogP contribution in [0.15, 0.2) is 54.1 Å². The number of nitriles is 1. The summed E-state index contributed by atoms with van der Waals surface area (Å²) in [5, 5.41) is 102. The van der Waals surface area contributed by atoms with Gasteiger partial charge in [0.2, 0.25) is 5.75 Å². The van der Waals surface area contributed by atoms with Crippen LogP contribution in [-0.4, -0.2) is 98.3 Å². The molecule has 286 valence electrons. The van der Waals surface area contributed by atoms with Crippen molar-refractivity contribution in [2.24, 2.45) is 11.6 Å². The third-order valence-electron chi connectivity index (χ3n) is 7.36. The van der Waals surface area contributed by atoms with Crippen LogP contribution in [0.1, 0.15) is 43.6 Å². The molecule has 3 atom stereocenters. The van der Waals surface area contributed by atoms with E-state index in [4.69, 9.17) is 42.4 Å². The lowest BCUT2D eigenvalue weighted by Crippen LogP contribution is -2.54. The van der Waals surface area contributed by atoms with Gasteiger partial charge < -0.3 is 56.6 Å². The van der Waals surface area contributed by atoms with Gasteiger partial charge in [-0.25, -0.2) is 5.43 Å². The fraction of sp³-hybridized carbons (Fsp3) is 0.273. The molecule has 3 aromatic rings. The first kappa shape index (κ1) is 44.4. The number of phenols is 6. The summed E-state index contributed by atoms with van der Waals surface area (Å²) in [6.07, 6.45) is -0.214.